The van der Waals surface area contributed by atoms with Crippen LogP contribution in [0.25, 0.3) is 0 Å². The maximum atomic E-state index is 12.1. The molecule has 4 N–H and O–H groups in total. The molecule has 0 heterocycles. The van der Waals surface area contributed by atoms with Crippen LogP contribution in [0.5, 0.6) is 0 Å². The highest BCUT2D eigenvalue weighted by molar-refractivity contribution is 8.76. The van der Waals surface area contributed by atoms with Crippen molar-refractivity contribution in [3.05, 3.63) is 60.3 Å². The minimum Gasteiger partial charge on any atom is -0.384 e. The van der Waals surface area contributed by atoms with Gasteiger partial charge in [-0.3, -0.25) is 14.4 Å². The van der Waals surface area contributed by atoms with Crippen molar-refractivity contribution in [2.75, 3.05) is 44.9 Å². The van der Waals surface area contributed by atoms with Crippen molar-refractivity contribution < 1.29 is 24.2 Å². The van der Waals surface area contributed by atoms with Crippen molar-refractivity contribution in [2.24, 2.45) is 5.41 Å². The smallest absolute Gasteiger partial charge is 0.249 e. The molecule has 256 valence electrons. The second kappa shape index (κ2) is 29.2. The van der Waals surface area contributed by atoms with Gasteiger partial charge >= 0.3 is 0 Å². The monoisotopic (exact) mass is 665 g/mol. The summed E-state index contributed by atoms with van der Waals surface area (Å²) in [4.78, 5) is 36.1. The number of ether oxygens (including phenoxy) is 1. The number of hydrogen-bond acceptors (Lipinski definition) is 7. The summed E-state index contributed by atoms with van der Waals surface area (Å²) in [5.74, 6) is 0.962. The Morgan fingerprint density at radius 3 is 1.80 bits per heavy atom. The Labute approximate surface area is 280 Å². The highest BCUT2D eigenvalue weighted by Crippen LogP contribution is 2.21. The van der Waals surface area contributed by atoms with Gasteiger partial charge in [0, 0.05) is 56.5 Å². The van der Waals surface area contributed by atoms with E-state index in [1.54, 1.807) is 35.4 Å². The fourth-order valence-corrected chi connectivity index (χ4v) is 5.75. The van der Waals surface area contributed by atoms with Crippen LogP contribution in [-0.2, 0) is 19.1 Å². The lowest BCUT2D eigenvalue weighted by Gasteiger charge is -2.28. The molecule has 8 nitrogen and oxygen atoms in total. The van der Waals surface area contributed by atoms with Crippen LogP contribution in [0.15, 0.2) is 60.3 Å². The number of amides is 3. The van der Waals surface area contributed by atoms with Crippen molar-refractivity contribution in [2.45, 2.75) is 91.6 Å². The molecule has 0 aromatic rings. The number of hydrogen-bond donors (Lipinski definition) is 4. The third-order valence-electron chi connectivity index (χ3n) is 6.55. The van der Waals surface area contributed by atoms with E-state index in [-0.39, 0.29) is 31.4 Å². The summed E-state index contributed by atoms with van der Waals surface area (Å²) in [6, 6.07) is 0. The van der Waals surface area contributed by atoms with Crippen LogP contribution in [0.1, 0.15) is 85.5 Å². The number of methoxy groups -OCH3 is 1. The zero-order chi connectivity index (χ0) is 33.6. The van der Waals surface area contributed by atoms with E-state index in [2.05, 4.69) is 84.5 Å². The fourth-order valence-electron chi connectivity index (χ4n) is 3.94. The molecule has 0 rings (SSSR count). The van der Waals surface area contributed by atoms with Crippen LogP contribution in [0.3, 0.4) is 0 Å². The molecule has 0 saturated carbocycles. The van der Waals surface area contributed by atoms with E-state index in [4.69, 9.17) is 4.74 Å². The quantitative estimate of drug-likeness (QED) is 0.0453. The molecular formula is C35H59N3O5S2. The van der Waals surface area contributed by atoms with Gasteiger partial charge in [-0.25, -0.2) is 0 Å². The Bertz CT molecular complexity index is 961. The first kappa shape index (κ1) is 42.7. The van der Waals surface area contributed by atoms with Crippen LogP contribution in [0.2, 0.25) is 0 Å². The lowest BCUT2D eigenvalue weighted by atomic mass is 9.87. The van der Waals surface area contributed by atoms with E-state index < -0.39 is 17.4 Å². The van der Waals surface area contributed by atoms with Gasteiger partial charge in [0.15, 0.2) is 0 Å². The van der Waals surface area contributed by atoms with Gasteiger partial charge in [0.2, 0.25) is 17.7 Å². The molecule has 0 aliphatic carbocycles. The first-order valence-electron chi connectivity index (χ1n) is 16.1. The standard InChI is InChI=1S/C35H59N3O5S2/c1-6-7-8-9-10-11-12-13-14-15-16-17-18-20-30(2)21-19-22-31(39)36-25-27-44-45-28-26-37-32(40)23-24-38-34(42)33(41)35(3,4)29-43-5/h7-8,10-11,13-14,16-17,20,33,41H,6,9,12,15,18-19,21-29H2,1-5H3,(H,36,39)(H,37,40)(H,38,42). The van der Waals surface area contributed by atoms with Gasteiger partial charge in [0.25, 0.3) is 0 Å². The Morgan fingerprint density at radius 1 is 0.756 bits per heavy atom. The average Bonchev–Trinajstić information content (AvgIpc) is 3.00. The normalized spacial score (nSPS) is 13.3. The van der Waals surface area contributed by atoms with Crippen molar-refractivity contribution in [3.63, 3.8) is 0 Å². The minimum absolute atomic E-state index is 0.0847. The first-order chi connectivity index (χ1) is 21.6. The summed E-state index contributed by atoms with van der Waals surface area (Å²) in [5.41, 5.74) is 0.602. The van der Waals surface area contributed by atoms with Gasteiger partial charge in [0.05, 0.1) is 6.61 Å². The number of carbonyl (C=O) groups is 3. The molecule has 0 aromatic carbocycles. The summed E-state index contributed by atoms with van der Waals surface area (Å²) < 4.78 is 5.04. The summed E-state index contributed by atoms with van der Waals surface area (Å²) in [7, 11) is 4.82. The number of allylic oxidation sites excluding steroid dienone is 10. The molecule has 0 aromatic heterocycles. The van der Waals surface area contributed by atoms with Gasteiger partial charge < -0.3 is 25.8 Å². The molecule has 3 amide bonds. The van der Waals surface area contributed by atoms with Gasteiger partial charge in [-0.1, -0.05) is 103 Å². The zero-order valence-corrected chi connectivity index (χ0v) is 29.9. The number of aliphatic hydroxyl groups is 1. The molecule has 10 heteroatoms. The molecule has 0 aliphatic rings. The number of aliphatic hydroxyl groups excluding tert-OH is 1. The van der Waals surface area contributed by atoms with Gasteiger partial charge in [-0.05, 0) is 51.9 Å². The summed E-state index contributed by atoms with van der Waals surface area (Å²) in [6.45, 7) is 9.31. The van der Waals surface area contributed by atoms with Crippen molar-refractivity contribution in [3.8, 4) is 0 Å². The van der Waals surface area contributed by atoms with Gasteiger partial charge in [-0.15, -0.1) is 0 Å². The average molecular weight is 666 g/mol. The molecule has 0 saturated heterocycles. The van der Waals surface area contributed by atoms with E-state index >= 15 is 0 Å². The third kappa shape index (κ3) is 26.6. The predicted octanol–water partition coefficient (Wildman–Crippen LogP) is 6.45. The van der Waals surface area contributed by atoms with Crippen LogP contribution in [0, 0.1) is 5.41 Å². The lowest BCUT2D eigenvalue weighted by Crippen LogP contribution is -2.46. The van der Waals surface area contributed by atoms with E-state index in [1.807, 2.05) is 0 Å². The highest BCUT2D eigenvalue weighted by atomic mass is 33.1. The molecular weight excluding hydrogens is 607 g/mol. The fraction of sp³-hybridized carbons (Fsp3) is 0.629. The Morgan fingerprint density at radius 2 is 1.27 bits per heavy atom. The second-order valence-electron chi connectivity index (χ2n) is 11.3. The predicted molar refractivity (Wildman–Crippen MR) is 193 cm³/mol. The summed E-state index contributed by atoms with van der Waals surface area (Å²) in [5, 5.41) is 18.5. The Hall–Kier alpha value is -2.27. The van der Waals surface area contributed by atoms with Crippen molar-refractivity contribution >= 4 is 39.3 Å². The maximum absolute atomic E-state index is 12.1. The lowest BCUT2D eigenvalue weighted by molar-refractivity contribution is -0.137. The first-order valence-corrected chi connectivity index (χ1v) is 18.6. The topological polar surface area (TPSA) is 117 Å². The minimum atomic E-state index is -1.21. The van der Waals surface area contributed by atoms with Crippen molar-refractivity contribution in [1.82, 2.24) is 16.0 Å². The van der Waals surface area contributed by atoms with Crippen LogP contribution in [0.4, 0.5) is 0 Å². The largest absolute Gasteiger partial charge is 0.384 e. The molecule has 45 heavy (non-hydrogen) atoms. The molecule has 1 atom stereocenters. The SMILES string of the molecule is CCC=CCC=CCC=CCC=CCC=C(C)CCCC(=O)NCCSSCCNC(=O)CCNC(=O)C(O)C(C)(C)COC. The number of rotatable bonds is 27. The third-order valence-corrected chi connectivity index (χ3v) is 8.96. The van der Waals surface area contributed by atoms with Crippen LogP contribution in [-0.4, -0.2) is 73.8 Å². The van der Waals surface area contributed by atoms with Crippen LogP contribution >= 0.6 is 21.6 Å². The van der Waals surface area contributed by atoms with E-state index in [1.165, 1.54) is 12.7 Å². The number of nitrogens with one attached hydrogen (secondary N) is 3. The molecule has 0 fully saturated rings. The van der Waals surface area contributed by atoms with Gasteiger partial charge in [0.1, 0.15) is 6.10 Å². The van der Waals surface area contributed by atoms with E-state index in [0.717, 1.165) is 56.5 Å². The van der Waals surface area contributed by atoms with Gasteiger partial charge in [-0.2, -0.15) is 0 Å². The van der Waals surface area contributed by atoms with Crippen LogP contribution < -0.4 is 16.0 Å². The Kier molecular flexibility index (Phi) is 27.7. The van der Waals surface area contributed by atoms with E-state index in [9.17, 15) is 19.5 Å². The zero-order valence-electron chi connectivity index (χ0n) is 28.3. The molecule has 0 bridgehead atoms. The molecule has 0 spiro atoms. The molecule has 1 unspecified atom stereocenters. The van der Waals surface area contributed by atoms with E-state index in [0.29, 0.717) is 19.5 Å². The maximum Gasteiger partial charge on any atom is 0.249 e. The Balaban J connectivity index is 3.73. The molecule has 0 radical (unpaired) electrons. The molecule has 0 aliphatic heterocycles. The summed E-state index contributed by atoms with van der Waals surface area (Å²) in [6.07, 6.45) is 26.0. The second-order valence-corrected chi connectivity index (χ2v) is 14.1. The highest BCUT2D eigenvalue weighted by Gasteiger charge is 2.33. The van der Waals surface area contributed by atoms with Crippen molar-refractivity contribution in [1.29, 1.82) is 0 Å². The number of carbonyl (C=O) groups excluding carboxylic acids is 3. The summed E-state index contributed by atoms with van der Waals surface area (Å²) >= 11 is 0.